The maximum atomic E-state index is 5.59. The van der Waals surface area contributed by atoms with E-state index in [1.165, 1.54) is 16.7 Å². The summed E-state index contributed by atoms with van der Waals surface area (Å²) in [6, 6.07) is 9.17. The Morgan fingerprint density at radius 2 is 2.10 bits per heavy atom. The Kier molecular flexibility index (Phi) is 8.74. The van der Waals surface area contributed by atoms with E-state index >= 15 is 0 Å². The molecule has 2 aromatic rings. The maximum absolute atomic E-state index is 5.59. The van der Waals surface area contributed by atoms with E-state index in [0.29, 0.717) is 12.0 Å². The molecule has 4 rings (SSSR count). The van der Waals surface area contributed by atoms with Crippen LogP contribution in [-0.2, 0) is 11.8 Å². The molecule has 31 heavy (non-hydrogen) atoms. The minimum absolute atomic E-state index is 0. The fraction of sp³-hybridized carbons (Fsp3) is 0.565. The molecular formula is C23H35IN6O. The van der Waals surface area contributed by atoms with Crippen LogP contribution in [0, 0.1) is 6.92 Å². The van der Waals surface area contributed by atoms with Crippen LogP contribution in [-0.4, -0.2) is 78.5 Å². The SMILES string of the molecule is CN=C(NCC(c1cccc(C)c1)N1CCOCC1)N1CCC(c2cnn(C)c2)C1.I. The van der Waals surface area contributed by atoms with Crippen molar-refractivity contribution in [1.29, 1.82) is 0 Å². The Hall–Kier alpha value is -1.65. The molecule has 1 aromatic carbocycles. The zero-order valence-corrected chi connectivity index (χ0v) is 21.2. The van der Waals surface area contributed by atoms with E-state index in [2.05, 4.69) is 62.6 Å². The summed E-state index contributed by atoms with van der Waals surface area (Å²) < 4.78 is 7.48. The molecule has 1 N–H and O–H groups in total. The third-order valence-electron chi connectivity index (χ3n) is 6.26. The lowest BCUT2D eigenvalue weighted by atomic mass is 10.0. The number of aromatic nitrogens is 2. The lowest BCUT2D eigenvalue weighted by Gasteiger charge is -2.36. The van der Waals surface area contributed by atoms with Crippen LogP contribution >= 0.6 is 24.0 Å². The van der Waals surface area contributed by atoms with Gasteiger partial charge in [-0.05, 0) is 24.5 Å². The van der Waals surface area contributed by atoms with Gasteiger partial charge in [-0.15, -0.1) is 24.0 Å². The number of hydrogen-bond acceptors (Lipinski definition) is 4. The molecule has 2 saturated heterocycles. The first-order valence-corrected chi connectivity index (χ1v) is 11.0. The summed E-state index contributed by atoms with van der Waals surface area (Å²) in [4.78, 5) is 9.51. The molecule has 0 saturated carbocycles. The molecular weight excluding hydrogens is 503 g/mol. The number of benzene rings is 1. The van der Waals surface area contributed by atoms with Gasteiger partial charge in [0.15, 0.2) is 5.96 Å². The number of halogens is 1. The largest absolute Gasteiger partial charge is 0.379 e. The van der Waals surface area contributed by atoms with Gasteiger partial charge in [-0.25, -0.2) is 0 Å². The number of nitrogens with zero attached hydrogens (tertiary/aromatic N) is 5. The monoisotopic (exact) mass is 538 g/mol. The molecule has 2 aliphatic rings. The van der Waals surface area contributed by atoms with E-state index in [-0.39, 0.29) is 24.0 Å². The highest BCUT2D eigenvalue weighted by atomic mass is 127. The maximum Gasteiger partial charge on any atom is 0.193 e. The first-order chi connectivity index (χ1) is 14.6. The summed E-state index contributed by atoms with van der Waals surface area (Å²) in [5.74, 6) is 1.51. The van der Waals surface area contributed by atoms with Crippen molar-refractivity contribution in [3.8, 4) is 0 Å². The molecule has 0 spiro atoms. The lowest BCUT2D eigenvalue weighted by Crippen LogP contribution is -2.47. The molecule has 2 unspecified atom stereocenters. The second-order valence-corrected chi connectivity index (χ2v) is 8.39. The topological polar surface area (TPSA) is 57.9 Å². The summed E-state index contributed by atoms with van der Waals surface area (Å²) in [5, 5.41) is 8.02. The van der Waals surface area contributed by atoms with Crippen LogP contribution in [0.1, 0.15) is 35.1 Å². The number of morpholine rings is 1. The van der Waals surface area contributed by atoms with Gasteiger partial charge < -0.3 is 15.0 Å². The first-order valence-electron chi connectivity index (χ1n) is 11.0. The van der Waals surface area contributed by atoms with Crippen LogP contribution in [0.2, 0.25) is 0 Å². The summed E-state index contributed by atoms with van der Waals surface area (Å²) in [6.45, 7) is 8.53. The number of likely N-dealkylation sites (tertiary alicyclic amines) is 1. The Labute approximate surface area is 202 Å². The third kappa shape index (κ3) is 5.98. The Bertz CT molecular complexity index is 863. The van der Waals surface area contributed by atoms with Crippen molar-refractivity contribution >= 4 is 29.9 Å². The van der Waals surface area contributed by atoms with E-state index in [4.69, 9.17) is 4.74 Å². The number of aryl methyl sites for hydroxylation is 2. The number of guanidine groups is 1. The van der Waals surface area contributed by atoms with Gasteiger partial charge in [-0.2, -0.15) is 5.10 Å². The first kappa shape index (κ1) is 24.0. The van der Waals surface area contributed by atoms with Crippen LogP contribution in [0.3, 0.4) is 0 Å². The number of hydrogen-bond donors (Lipinski definition) is 1. The number of ether oxygens (including phenoxy) is 1. The fourth-order valence-electron chi connectivity index (χ4n) is 4.62. The number of aliphatic imine (C=N–C) groups is 1. The summed E-state index contributed by atoms with van der Waals surface area (Å²) in [7, 11) is 3.86. The Morgan fingerprint density at radius 1 is 1.29 bits per heavy atom. The van der Waals surface area contributed by atoms with Gasteiger partial charge in [0.05, 0.1) is 25.5 Å². The number of rotatable bonds is 5. The van der Waals surface area contributed by atoms with E-state index in [0.717, 1.165) is 58.3 Å². The van der Waals surface area contributed by atoms with Crippen molar-refractivity contribution in [2.75, 3.05) is 53.0 Å². The van der Waals surface area contributed by atoms with Crippen LogP contribution in [0.25, 0.3) is 0 Å². The predicted molar refractivity (Wildman–Crippen MR) is 135 cm³/mol. The highest BCUT2D eigenvalue weighted by Gasteiger charge is 2.28. The van der Waals surface area contributed by atoms with Gasteiger partial charge in [0, 0.05) is 58.9 Å². The second-order valence-electron chi connectivity index (χ2n) is 8.39. The normalized spacial score (nSPS) is 21.1. The van der Waals surface area contributed by atoms with E-state index in [9.17, 15) is 0 Å². The average molecular weight is 538 g/mol. The lowest BCUT2D eigenvalue weighted by molar-refractivity contribution is 0.0169. The Morgan fingerprint density at radius 3 is 2.77 bits per heavy atom. The predicted octanol–water partition coefficient (Wildman–Crippen LogP) is 2.78. The smallest absolute Gasteiger partial charge is 0.193 e. The number of nitrogens with one attached hydrogen (secondary N) is 1. The van der Waals surface area contributed by atoms with Gasteiger partial charge in [0.2, 0.25) is 0 Å². The van der Waals surface area contributed by atoms with Crippen molar-refractivity contribution in [3.63, 3.8) is 0 Å². The molecule has 2 atom stereocenters. The van der Waals surface area contributed by atoms with E-state index in [1.807, 2.05) is 25.0 Å². The van der Waals surface area contributed by atoms with Crippen molar-refractivity contribution in [2.45, 2.75) is 25.3 Å². The standard InChI is InChI=1S/C23H34N6O.HI/c1-18-5-4-6-19(13-18)22(28-9-11-30-12-10-28)15-25-23(24-2)29-8-7-20(17-29)21-14-26-27(3)16-21;/h4-6,13-14,16,20,22H,7-12,15,17H2,1-3H3,(H,24,25);1H. The molecule has 0 amide bonds. The molecule has 3 heterocycles. The minimum Gasteiger partial charge on any atom is -0.379 e. The summed E-state index contributed by atoms with van der Waals surface area (Å²) in [6.07, 6.45) is 5.27. The fourth-order valence-corrected chi connectivity index (χ4v) is 4.62. The quantitative estimate of drug-likeness (QED) is 0.361. The van der Waals surface area contributed by atoms with Crippen LogP contribution in [0.4, 0.5) is 0 Å². The molecule has 2 fully saturated rings. The van der Waals surface area contributed by atoms with Crippen LogP contribution in [0.15, 0.2) is 41.7 Å². The molecule has 0 bridgehead atoms. The van der Waals surface area contributed by atoms with Crippen molar-refractivity contribution in [2.24, 2.45) is 12.0 Å². The van der Waals surface area contributed by atoms with Gasteiger partial charge in [0.1, 0.15) is 0 Å². The molecule has 2 aliphatic heterocycles. The van der Waals surface area contributed by atoms with Crippen molar-refractivity contribution in [1.82, 2.24) is 24.9 Å². The zero-order chi connectivity index (χ0) is 20.9. The van der Waals surface area contributed by atoms with E-state index in [1.54, 1.807) is 0 Å². The van der Waals surface area contributed by atoms with E-state index < -0.39 is 0 Å². The Balaban J connectivity index is 0.00000272. The van der Waals surface area contributed by atoms with Gasteiger partial charge in [0.25, 0.3) is 0 Å². The van der Waals surface area contributed by atoms with Crippen LogP contribution in [0.5, 0.6) is 0 Å². The van der Waals surface area contributed by atoms with Crippen LogP contribution < -0.4 is 5.32 Å². The highest BCUT2D eigenvalue weighted by Crippen LogP contribution is 2.27. The van der Waals surface area contributed by atoms with Crippen molar-refractivity contribution in [3.05, 3.63) is 53.3 Å². The molecule has 7 nitrogen and oxygen atoms in total. The molecule has 1 aromatic heterocycles. The van der Waals surface area contributed by atoms with Gasteiger partial charge >= 0.3 is 0 Å². The third-order valence-corrected chi connectivity index (χ3v) is 6.26. The molecule has 0 radical (unpaired) electrons. The van der Waals surface area contributed by atoms with Gasteiger partial charge in [-0.3, -0.25) is 14.6 Å². The zero-order valence-electron chi connectivity index (χ0n) is 18.8. The minimum atomic E-state index is 0. The molecule has 170 valence electrons. The highest BCUT2D eigenvalue weighted by molar-refractivity contribution is 14.0. The average Bonchev–Trinajstić information content (AvgIpc) is 3.41. The summed E-state index contributed by atoms with van der Waals surface area (Å²) >= 11 is 0. The van der Waals surface area contributed by atoms with Gasteiger partial charge in [-0.1, -0.05) is 29.8 Å². The molecule has 0 aliphatic carbocycles. The molecule has 8 heteroatoms. The second kappa shape index (κ2) is 11.3. The van der Waals surface area contributed by atoms with Crippen molar-refractivity contribution < 1.29 is 4.74 Å². The summed E-state index contributed by atoms with van der Waals surface area (Å²) in [5.41, 5.74) is 3.98.